The van der Waals surface area contributed by atoms with Crippen molar-refractivity contribution in [3.63, 3.8) is 0 Å². The van der Waals surface area contributed by atoms with Crippen LogP contribution in [-0.2, 0) is 0 Å². The molecule has 0 N–H and O–H groups in total. The third-order valence-electron chi connectivity index (χ3n) is 0.689. The van der Waals surface area contributed by atoms with Gasteiger partial charge in [-0.25, -0.2) is 0 Å². The SMILES string of the molecule is CC(C)(C)N=N[N-]C(C)(C)C.[Li+]. The number of hydrogen-bond acceptors (Lipinski definition) is 2. The zero-order valence-electron chi connectivity index (χ0n) is 9.34. The molecule has 0 unspecified atom stereocenters. The predicted molar refractivity (Wildman–Crippen MR) is 47.7 cm³/mol. The van der Waals surface area contributed by atoms with Gasteiger partial charge in [-0.3, -0.25) is 5.22 Å². The molecule has 0 amide bonds. The first kappa shape index (κ1) is 14.5. The first-order chi connectivity index (χ1) is 4.71. The summed E-state index contributed by atoms with van der Waals surface area (Å²) < 4.78 is 0. The quantitative estimate of drug-likeness (QED) is 0.303. The van der Waals surface area contributed by atoms with Crippen LogP contribution in [0.1, 0.15) is 41.5 Å². The van der Waals surface area contributed by atoms with Crippen LogP contribution < -0.4 is 18.9 Å². The van der Waals surface area contributed by atoms with Crippen LogP contribution in [0.15, 0.2) is 10.3 Å². The summed E-state index contributed by atoms with van der Waals surface area (Å²) in [6, 6.07) is 0. The van der Waals surface area contributed by atoms with Gasteiger partial charge in [0.25, 0.3) is 0 Å². The van der Waals surface area contributed by atoms with Gasteiger partial charge >= 0.3 is 18.9 Å². The standard InChI is InChI=1S/C8H18N3.Li/c1-7(2,3)9-11-10-8(4,5)6;/h1-6H3;/q-1;+1. The maximum absolute atomic E-state index is 4.00. The zero-order valence-corrected chi connectivity index (χ0v) is 9.34. The summed E-state index contributed by atoms with van der Waals surface area (Å²) in [5.41, 5.74) is 3.77. The molecule has 3 nitrogen and oxygen atoms in total. The molecule has 4 heteroatoms. The molecule has 66 valence electrons. The van der Waals surface area contributed by atoms with E-state index in [2.05, 4.69) is 15.8 Å². The molecule has 0 aliphatic rings. The second-order valence-electron chi connectivity index (χ2n) is 4.63. The van der Waals surface area contributed by atoms with Crippen LogP contribution >= 0.6 is 0 Å². The van der Waals surface area contributed by atoms with Crippen LogP contribution in [0.4, 0.5) is 0 Å². The van der Waals surface area contributed by atoms with E-state index in [1.165, 1.54) is 0 Å². The Kier molecular flexibility index (Phi) is 5.91. The summed E-state index contributed by atoms with van der Waals surface area (Å²) >= 11 is 0. The summed E-state index contributed by atoms with van der Waals surface area (Å²) in [6.07, 6.45) is 0. The predicted octanol–water partition coefficient (Wildman–Crippen LogP) is 0.328. The molecule has 0 heterocycles. The van der Waals surface area contributed by atoms with Crippen molar-refractivity contribution in [2.24, 2.45) is 10.3 Å². The maximum Gasteiger partial charge on any atom is 1.00 e. The van der Waals surface area contributed by atoms with Gasteiger partial charge in [0.1, 0.15) is 0 Å². The number of rotatable bonds is 1. The summed E-state index contributed by atoms with van der Waals surface area (Å²) in [5, 5.41) is 7.76. The van der Waals surface area contributed by atoms with Crippen molar-refractivity contribution < 1.29 is 18.9 Å². The van der Waals surface area contributed by atoms with Crippen LogP contribution in [0.2, 0.25) is 0 Å². The average molecular weight is 163 g/mol. The first-order valence-corrected chi connectivity index (χ1v) is 3.85. The van der Waals surface area contributed by atoms with E-state index < -0.39 is 0 Å². The molecule has 0 aliphatic heterocycles. The van der Waals surface area contributed by atoms with E-state index in [4.69, 9.17) is 0 Å². The van der Waals surface area contributed by atoms with Crippen molar-refractivity contribution in [3.05, 3.63) is 5.43 Å². The van der Waals surface area contributed by atoms with Crippen molar-refractivity contribution in [1.29, 1.82) is 0 Å². The smallest absolute Gasteiger partial charge is 0.376 e. The third kappa shape index (κ3) is 12.7. The van der Waals surface area contributed by atoms with Crippen molar-refractivity contribution >= 4 is 0 Å². The Hall–Kier alpha value is -0.00260. The second kappa shape index (κ2) is 4.89. The Bertz CT molecular complexity index is 141. The Labute approximate surface area is 87.6 Å². The van der Waals surface area contributed by atoms with E-state index in [9.17, 15) is 0 Å². The van der Waals surface area contributed by atoms with E-state index in [1.54, 1.807) is 0 Å². The van der Waals surface area contributed by atoms with Crippen LogP contribution in [0.3, 0.4) is 0 Å². The van der Waals surface area contributed by atoms with Gasteiger partial charge in [0.15, 0.2) is 0 Å². The van der Waals surface area contributed by atoms with Crippen molar-refractivity contribution in [2.45, 2.75) is 52.6 Å². The van der Waals surface area contributed by atoms with E-state index in [1.807, 2.05) is 41.5 Å². The Morgan fingerprint density at radius 3 is 1.58 bits per heavy atom. The van der Waals surface area contributed by atoms with Crippen LogP contribution in [-0.4, -0.2) is 11.1 Å². The van der Waals surface area contributed by atoms with Crippen molar-refractivity contribution in [1.82, 2.24) is 0 Å². The fraction of sp³-hybridized carbons (Fsp3) is 1.00. The minimum Gasteiger partial charge on any atom is -0.376 e. The fourth-order valence-electron chi connectivity index (χ4n) is 0.291. The van der Waals surface area contributed by atoms with Gasteiger partial charge in [-0.15, -0.1) is 0 Å². The second-order valence-corrected chi connectivity index (χ2v) is 4.63. The third-order valence-corrected chi connectivity index (χ3v) is 0.689. The summed E-state index contributed by atoms with van der Waals surface area (Å²) in [5.74, 6) is 0. The molecule has 0 aliphatic carbocycles. The average Bonchev–Trinajstić information content (AvgIpc) is 1.55. The fourth-order valence-corrected chi connectivity index (χ4v) is 0.291. The molecule has 0 rings (SSSR count). The molecule has 0 aromatic rings. The minimum absolute atomic E-state index is 0. The molecule has 0 atom stereocenters. The van der Waals surface area contributed by atoms with Gasteiger partial charge in [0, 0.05) is 0 Å². The summed E-state index contributed by atoms with van der Waals surface area (Å²) in [4.78, 5) is 0. The summed E-state index contributed by atoms with van der Waals surface area (Å²) in [7, 11) is 0. The monoisotopic (exact) mass is 163 g/mol. The molecular weight excluding hydrogens is 145 g/mol. The maximum atomic E-state index is 4.00. The minimum atomic E-state index is -0.116. The van der Waals surface area contributed by atoms with Gasteiger partial charge in [0.05, 0.1) is 0 Å². The first-order valence-electron chi connectivity index (χ1n) is 3.85. The van der Waals surface area contributed by atoms with Crippen LogP contribution in [0.5, 0.6) is 0 Å². The molecule has 0 saturated carbocycles. The van der Waals surface area contributed by atoms with Gasteiger partial charge < -0.3 is 10.5 Å². The molecule has 0 bridgehead atoms. The van der Waals surface area contributed by atoms with Crippen LogP contribution in [0.25, 0.3) is 5.43 Å². The Balaban J connectivity index is 0. The zero-order chi connectivity index (χ0) is 9.12. The largest absolute Gasteiger partial charge is 1.00 e. The molecular formula is C8H18LiN3. The van der Waals surface area contributed by atoms with Gasteiger partial charge in [-0.05, 0) is 11.1 Å². The van der Waals surface area contributed by atoms with Gasteiger partial charge in [-0.2, -0.15) is 0 Å². The molecule has 0 radical (unpaired) electrons. The van der Waals surface area contributed by atoms with E-state index >= 15 is 0 Å². The van der Waals surface area contributed by atoms with Crippen molar-refractivity contribution in [2.75, 3.05) is 0 Å². The molecule has 0 aromatic carbocycles. The number of nitrogens with zero attached hydrogens (tertiary/aromatic N) is 3. The molecule has 0 saturated heterocycles. The van der Waals surface area contributed by atoms with E-state index in [0.717, 1.165) is 0 Å². The molecule has 0 spiro atoms. The van der Waals surface area contributed by atoms with E-state index in [-0.39, 0.29) is 29.9 Å². The van der Waals surface area contributed by atoms with Gasteiger partial charge in [-0.1, -0.05) is 41.5 Å². The number of hydrogen-bond donors (Lipinski definition) is 0. The summed E-state index contributed by atoms with van der Waals surface area (Å²) in [6.45, 7) is 12.0. The molecule has 0 fully saturated rings. The topological polar surface area (TPSA) is 38.8 Å². The van der Waals surface area contributed by atoms with Crippen LogP contribution in [0, 0.1) is 0 Å². The van der Waals surface area contributed by atoms with E-state index in [0.29, 0.717) is 0 Å². The molecule has 12 heavy (non-hydrogen) atoms. The van der Waals surface area contributed by atoms with Gasteiger partial charge in [0.2, 0.25) is 0 Å². The Morgan fingerprint density at radius 2 is 1.33 bits per heavy atom. The molecule has 0 aromatic heterocycles. The Morgan fingerprint density at radius 1 is 0.917 bits per heavy atom. The van der Waals surface area contributed by atoms with Crippen molar-refractivity contribution in [3.8, 4) is 0 Å². The normalized spacial score (nSPS) is 12.8.